The van der Waals surface area contributed by atoms with Gasteiger partial charge in [-0.3, -0.25) is 4.79 Å². The van der Waals surface area contributed by atoms with Crippen LogP contribution in [-0.4, -0.2) is 24.1 Å². The van der Waals surface area contributed by atoms with Crippen molar-refractivity contribution in [3.8, 4) is 0 Å². The molecular formula is C16H18O4. The minimum Gasteiger partial charge on any atom is -0.461 e. The van der Waals surface area contributed by atoms with Crippen molar-refractivity contribution >= 4 is 18.0 Å². The average molecular weight is 274 g/mol. The molecule has 0 spiro atoms. The van der Waals surface area contributed by atoms with E-state index in [-0.39, 0.29) is 25.0 Å². The number of hydrogen-bond acceptors (Lipinski definition) is 4. The molecule has 0 aliphatic carbocycles. The van der Waals surface area contributed by atoms with Crippen molar-refractivity contribution in [2.24, 2.45) is 0 Å². The fraction of sp³-hybridized carbons (Fsp3) is 0.375. The van der Waals surface area contributed by atoms with Crippen LogP contribution in [0.1, 0.15) is 42.1 Å². The van der Waals surface area contributed by atoms with Crippen LogP contribution in [0, 0.1) is 0 Å². The van der Waals surface area contributed by atoms with Crippen molar-refractivity contribution < 1.29 is 19.1 Å². The number of rotatable bonds is 4. The van der Waals surface area contributed by atoms with Gasteiger partial charge in [-0.05, 0) is 24.1 Å². The third kappa shape index (κ3) is 3.07. The zero-order chi connectivity index (χ0) is 14.6. The Kier molecular flexibility index (Phi) is 4.23. The van der Waals surface area contributed by atoms with E-state index in [2.05, 4.69) is 6.58 Å². The lowest BCUT2D eigenvalue weighted by molar-refractivity contribution is -0.163. The van der Waals surface area contributed by atoms with Crippen LogP contribution in [-0.2, 0) is 14.3 Å². The van der Waals surface area contributed by atoms with E-state index < -0.39 is 5.60 Å². The van der Waals surface area contributed by atoms with Gasteiger partial charge in [0.2, 0.25) is 0 Å². The van der Waals surface area contributed by atoms with Crippen LogP contribution < -0.4 is 0 Å². The second-order valence-corrected chi connectivity index (χ2v) is 4.91. The van der Waals surface area contributed by atoms with Gasteiger partial charge < -0.3 is 9.47 Å². The maximum Gasteiger partial charge on any atom is 0.338 e. The summed E-state index contributed by atoms with van der Waals surface area (Å²) in [5, 5.41) is 0. The van der Waals surface area contributed by atoms with E-state index in [1.807, 2.05) is 19.1 Å². The fourth-order valence-electron chi connectivity index (χ4n) is 2.13. The van der Waals surface area contributed by atoms with Gasteiger partial charge in [-0.15, -0.1) is 0 Å². The van der Waals surface area contributed by atoms with Gasteiger partial charge in [0.25, 0.3) is 0 Å². The standard InChI is InChI=1S/C16H18O4/c1-3-12-5-7-13(8-6-12)15(18)20-16(4-2)10-9-14(17)19-11-16/h3,5-8H,1,4,9-11H2,2H3. The van der Waals surface area contributed by atoms with Gasteiger partial charge in [-0.1, -0.05) is 31.7 Å². The van der Waals surface area contributed by atoms with Crippen molar-refractivity contribution in [1.29, 1.82) is 0 Å². The van der Waals surface area contributed by atoms with E-state index >= 15 is 0 Å². The summed E-state index contributed by atoms with van der Waals surface area (Å²) in [6.45, 7) is 5.73. The predicted octanol–water partition coefficient (Wildman–Crippen LogP) is 2.97. The average Bonchev–Trinajstić information content (AvgIpc) is 2.50. The van der Waals surface area contributed by atoms with Gasteiger partial charge in [0.15, 0.2) is 0 Å². The molecule has 1 unspecified atom stereocenters. The molecule has 2 rings (SSSR count). The summed E-state index contributed by atoms with van der Waals surface area (Å²) in [7, 11) is 0. The van der Waals surface area contributed by atoms with E-state index in [0.717, 1.165) is 5.56 Å². The molecule has 1 atom stereocenters. The van der Waals surface area contributed by atoms with Crippen LogP contribution >= 0.6 is 0 Å². The Labute approximate surface area is 118 Å². The van der Waals surface area contributed by atoms with Gasteiger partial charge in [0.05, 0.1) is 5.56 Å². The second kappa shape index (κ2) is 5.90. The van der Waals surface area contributed by atoms with Crippen LogP contribution in [0.3, 0.4) is 0 Å². The Morgan fingerprint density at radius 1 is 1.45 bits per heavy atom. The number of benzene rings is 1. The Balaban J connectivity index is 2.08. The quantitative estimate of drug-likeness (QED) is 0.792. The third-order valence-electron chi connectivity index (χ3n) is 3.62. The van der Waals surface area contributed by atoms with Crippen LogP contribution in [0.2, 0.25) is 0 Å². The lowest BCUT2D eigenvalue weighted by atomic mass is 9.93. The molecule has 1 aliphatic heterocycles. The summed E-state index contributed by atoms with van der Waals surface area (Å²) in [6, 6.07) is 7.03. The van der Waals surface area contributed by atoms with E-state index in [4.69, 9.17) is 9.47 Å². The summed E-state index contributed by atoms with van der Waals surface area (Å²) in [4.78, 5) is 23.3. The molecule has 0 amide bonds. The summed E-state index contributed by atoms with van der Waals surface area (Å²) in [6.07, 6.45) is 3.13. The highest BCUT2D eigenvalue weighted by Crippen LogP contribution is 2.28. The smallest absolute Gasteiger partial charge is 0.338 e. The van der Waals surface area contributed by atoms with Gasteiger partial charge in [0, 0.05) is 12.8 Å². The van der Waals surface area contributed by atoms with Crippen molar-refractivity contribution in [2.45, 2.75) is 31.8 Å². The highest BCUT2D eigenvalue weighted by Gasteiger charge is 2.38. The van der Waals surface area contributed by atoms with Gasteiger partial charge in [0.1, 0.15) is 12.2 Å². The molecule has 0 bridgehead atoms. The molecule has 1 saturated heterocycles. The molecule has 0 radical (unpaired) electrons. The van der Waals surface area contributed by atoms with Crippen molar-refractivity contribution in [3.05, 3.63) is 42.0 Å². The lowest BCUT2D eigenvalue weighted by Crippen LogP contribution is -2.44. The van der Waals surface area contributed by atoms with Crippen LogP contribution in [0.4, 0.5) is 0 Å². The van der Waals surface area contributed by atoms with Crippen molar-refractivity contribution in [2.75, 3.05) is 6.61 Å². The topological polar surface area (TPSA) is 52.6 Å². The van der Waals surface area contributed by atoms with Gasteiger partial charge in [-0.2, -0.15) is 0 Å². The summed E-state index contributed by atoms with van der Waals surface area (Å²) >= 11 is 0. The molecule has 4 heteroatoms. The number of carbonyl (C=O) groups is 2. The first-order valence-electron chi connectivity index (χ1n) is 6.70. The molecule has 1 aromatic carbocycles. The summed E-state index contributed by atoms with van der Waals surface area (Å²) < 4.78 is 10.6. The first-order valence-corrected chi connectivity index (χ1v) is 6.70. The molecule has 1 aromatic rings. The van der Waals surface area contributed by atoms with Crippen LogP contribution in [0.25, 0.3) is 6.08 Å². The molecule has 20 heavy (non-hydrogen) atoms. The third-order valence-corrected chi connectivity index (χ3v) is 3.62. The van der Waals surface area contributed by atoms with E-state index in [1.165, 1.54) is 0 Å². The zero-order valence-electron chi connectivity index (χ0n) is 11.6. The first kappa shape index (κ1) is 14.3. The molecule has 0 N–H and O–H groups in total. The molecule has 0 aromatic heterocycles. The Hall–Kier alpha value is -2.10. The minimum atomic E-state index is -0.692. The number of esters is 2. The van der Waals surface area contributed by atoms with E-state index in [0.29, 0.717) is 18.4 Å². The Morgan fingerprint density at radius 3 is 2.65 bits per heavy atom. The summed E-state index contributed by atoms with van der Waals surface area (Å²) in [5.74, 6) is -0.624. The molecule has 1 heterocycles. The van der Waals surface area contributed by atoms with Crippen LogP contribution in [0.15, 0.2) is 30.8 Å². The number of cyclic esters (lactones) is 1. The highest BCUT2D eigenvalue weighted by molar-refractivity contribution is 5.90. The van der Waals surface area contributed by atoms with Gasteiger partial charge >= 0.3 is 11.9 Å². The predicted molar refractivity (Wildman–Crippen MR) is 75.2 cm³/mol. The Morgan fingerprint density at radius 2 is 2.15 bits per heavy atom. The Bertz CT molecular complexity index is 506. The zero-order valence-corrected chi connectivity index (χ0v) is 11.6. The maximum atomic E-state index is 12.2. The number of hydrogen-bond donors (Lipinski definition) is 0. The molecule has 1 aliphatic rings. The normalized spacial score (nSPS) is 21.9. The molecular weight excluding hydrogens is 256 g/mol. The number of ether oxygens (including phenoxy) is 2. The van der Waals surface area contributed by atoms with E-state index in [9.17, 15) is 9.59 Å². The van der Waals surface area contributed by atoms with Crippen LogP contribution in [0.5, 0.6) is 0 Å². The largest absolute Gasteiger partial charge is 0.461 e. The lowest BCUT2D eigenvalue weighted by Gasteiger charge is -2.34. The highest BCUT2D eigenvalue weighted by atomic mass is 16.6. The number of carbonyl (C=O) groups excluding carboxylic acids is 2. The van der Waals surface area contributed by atoms with E-state index in [1.54, 1.807) is 18.2 Å². The molecule has 4 nitrogen and oxygen atoms in total. The monoisotopic (exact) mass is 274 g/mol. The fourth-order valence-corrected chi connectivity index (χ4v) is 2.13. The molecule has 0 saturated carbocycles. The minimum absolute atomic E-state index is 0.138. The first-order chi connectivity index (χ1) is 9.58. The maximum absolute atomic E-state index is 12.2. The molecule has 106 valence electrons. The molecule has 1 fully saturated rings. The SMILES string of the molecule is C=Cc1ccc(C(=O)OC2(CC)CCC(=O)OC2)cc1. The second-order valence-electron chi connectivity index (χ2n) is 4.91. The van der Waals surface area contributed by atoms with Crippen molar-refractivity contribution in [1.82, 2.24) is 0 Å². The van der Waals surface area contributed by atoms with Crippen molar-refractivity contribution in [3.63, 3.8) is 0 Å². The summed E-state index contributed by atoms with van der Waals surface area (Å²) in [5.41, 5.74) is 0.737. The van der Waals surface area contributed by atoms with Gasteiger partial charge in [-0.25, -0.2) is 4.79 Å².